The number of nitrogens with zero attached hydrogens (tertiary/aromatic N) is 2. The Morgan fingerprint density at radius 2 is 2.22 bits per heavy atom. The summed E-state index contributed by atoms with van der Waals surface area (Å²) in [5, 5.41) is 13.3. The molecule has 0 spiro atoms. The van der Waals surface area contributed by atoms with Crippen LogP contribution in [0.25, 0.3) is 0 Å². The van der Waals surface area contributed by atoms with E-state index in [-0.39, 0.29) is 17.6 Å². The van der Waals surface area contributed by atoms with E-state index in [9.17, 15) is 4.79 Å². The van der Waals surface area contributed by atoms with Gasteiger partial charge in [0.15, 0.2) is 5.69 Å². The van der Waals surface area contributed by atoms with Gasteiger partial charge in [-0.1, -0.05) is 35.3 Å². The Morgan fingerprint density at radius 3 is 2.89 bits per heavy atom. The van der Waals surface area contributed by atoms with Crippen LogP contribution in [0, 0.1) is 0 Å². The molecule has 2 N–H and O–H groups in total. The van der Waals surface area contributed by atoms with Crippen molar-refractivity contribution < 1.29 is 4.79 Å². The van der Waals surface area contributed by atoms with Gasteiger partial charge in [-0.25, -0.2) is 0 Å². The van der Waals surface area contributed by atoms with Crippen LogP contribution in [0.3, 0.4) is 0 Å². The molecule has 5 nitrogen and oxygen atoms in total. The highest BCUT2D eigenvalue weighted by atomic mass is 35.5. The van der Waals surface area contributed by atoms with Gasteiger partial charge in [0.1, 0.15) is 0 Å². The molecule has 0 aliphatic rings. The summed E-state index contributed by atoms with van der Waals surface area (Å²) < 4.78 is 0. The molecule has 0 saturated heterocycles. The van der Waals surface area contributed by atoms with E-state index in [1.54, 1.807) is 12.1 Å². The van der Waals surface area contributed by atoms with Crippen molar-refractivity contribution in [3.63, 3.8) is 0 Å². The van der Waals surface area contributed by atoms with E-state index in [1.807, 2.05) is 13.0 Å². The van der Waals surface area contributed by atoms with Gasteiger partial charge in [-0.2, -0.15) is 15.4 Å². The van der Waals surface area contributed by atoms with Gasteiger partial charge in [0.05, 0.1) is 22.3 Å². The molecule has 1 atom stereocenters. The number of hydrogen-bond donors (Lipinski definition) is 2. The molecule has 1 unspecified atom stereocenters. The number of amides is 1. The molecule has 0 radical (unpaired) electrons. The maximum absolute atomic E-state index is 11.8. The Labute approximate surface area is 113 Å². The molecule has 2 aromatic rings. The molecule has 1 amide bonds. The van der Waals surface area contributed by atoms with E-state index >= 15 is 0 Å². The zero-order valence-electron chi connectivity index (χ0n) is 9.45. The van der Waals surface area contributed by atoms with Crippen molar-refractivity contribution >= 4 is 29.1 Å². The van der Waals surface area contributed by atoms with Crippen LogP contribution < -0.4 is 5.32 Å². The number of carbonyl (C=O) groups excluding carboxylic acids is 1. The van der Waals surface area contributed by atoms with E-state index in [0.717, 1.165) is 5.56 Å². The topological polar surface area (TPSA) is 70.7 Å². The second-order valence-corrected chi connectivity index (χ2v) is 4.48. The van der Waals surface area contributed by atoms with Crippen molar-refractivity contribution in [1.82, 2.24) is 20.7 Å². The highest BCUT2D eigenvalue weighted by Gasteiger charge is 2.16. The first kappa shape index (κ1) is 12.9. The third-order valence-electron chi connectivity index (χ3n) is 2.44. The minimum absolute atomic E-state index is 0.222. The Bertz CT molecular complexity index is 556. The summed E-state index contributed by atoms with van der Waals surface area (Å²) in [6.45, 7) is 1.82. The number of H-pyrrole nitrogens is 1. The van der Waals surface area contributed by atoms with Crippen LogP contribution in [0.2, 0.25) is 10.0 Å². The van der Waals surface area contributed by atoms with Crippen LogP contribution in [0.5, 0.6) is 0 Å². The molecule has 0 aliphatic heterocycles. The zero-order chi connectivity index (χ0) is 13.1. The molecule has 7 heteroatoms. The van der Waals surface area contributed by atoms with Gasteiger partial charge < -0.3 is 5.32 Å². The van der Waals surface area contributed by atoms with Crippen LogP contribution >= 0.6 is 23.2 Å². The number of carbonyl (C=O) groups is 1. The van der Waals surface area contributed by atoms with Gasteiger partial charge >= 0.3 is 0 Å². The smallest absolute Gasteiger partial charge is 0.273 e. The van der Waals surface area contributed by atoms with Gasteiger partial charge in [0, 0.05) is 0 Å². The predicted molar refractivity (Wildman–Crippen MR) is 68.7 cm³/mol. The van der Waals surface area contributed by atoms with Gasteiger partial charge in [-0.15, -0.1) is 0 Å². The van der Waals surface area contributed by atoms with Crippen molar-refractivity contribution in [3.8, 4) is 0 Å². The summed E-state index contributed by atoms with van der Waals surface area (Å²) in [5.41, 5.74) is 0.973. The SMILES string of the molecule is CC(NC(=O)c1cn[nH]n1)c1cccc(Cl)c1Cl. The predicted octanol–water partition coefficient (Wildman–Crippen LogP) is 2.60. The number of rotatable bonds is 3. The minimum Gasteiger partial charge on any atom is -0.344 e. The lowest BCUT2D eigenvalue weighted by Crippen LogP contribution is -2.27. The summed E-state index contributed by atoms with van der Waals surface area (Å²) in [5.74, 6) is -0.327. The number of aromatic nitrogens is 3. The van der Waals surface area contributed by atoms with E-state index < -0.39 is 0 Å². The molecule has 0 saturated carbocycles. The molecule has 1 aromatic heterocycles. The van der Waals surface area contributed by atoms with Crippen molar-refractivity contribution in [2.24, 2.45) is 0 Å². The second-order valence-electron chi connectivity index (χ2n) is 3.69. The first-order chi connectivity index (χ1) is 8.59. The maximum Gasteiger partial charge on any atom is 0.273 e. The molecular weight excluding hydrogens is 275 g/mol. The fourth-order valence-electron chi connectivity index (χ4n) is 1.51. The lowest BCUT2D eigenvalue weighted by atomic mass is 10.1. The third-order valence-corrected chi connectivity index (χ3v) is 3.28. The molecule has 0 bridgehead atoms. The number of aromatic amines is 1. The molecule has 94 valence electrons. The van der Waals surface area contributed by atoms with Crippen molar-refractivity contribution in [2.45, 2.75) is 13.0 Å². The molecule has 0 aliphatic carbocycles. The fraction of sp³-hybridized carbons (Fsp3) is 0.182. The molecule has 18 heavy (non-hydrogen) atoms. The van der Waals surface area contributed by atoms with E-state index in [1.165, 1.54) is 6.20 Å². The second kappa shape index (κ2) is 5.37. The van der Waals surface area contributed by atoms with Crippen LogP contribution in [0.1, 0.15) is 29.0 Å². The lowest BCUT2D eigenvalue weighted by Gasteiger charge is -2.15. The Morgan fingerprint density at radius 1 is 1.44 bits per heavy atom. The monoisotopic (exact) mass is 284 g/mol. The van der Waals surface area contributed by atoms with Crippen molar-refractivity contribution in [2.75, 3.05) is 0 Å². The zero-order valence-corrected chi connectivity index (χ0v) is 11.0. The minimum atomic E-state index is -0.327. The van der Waals surface area contributed by atoms with Gasteiger partial charge in [0.2, 0.25) is 0 Å². The average molecular weight is 285 g/mol. The highest BCUT2D eigenvalue weighted by molar-refractivity contribution is 6.42. The van der Waals surface area contributed by atoms with Crippen molar-refractivity contribution in [1.29, 1.82) is 0 Å². The number of nitrogens with one attached hydrogen (secondary N) is 2. The highest BCUT2D eigenvalue weighted by Crippen LogP contribution is 2.29. The number of hydrogen-bond acceptors (Lipinski definition) is 3. The lowest BCUT2D eigenvalue weighted by molar-refractivity contribution is 0.0935. The number of benzene rings is 1. The molecule has 1 aromatic carbocycles. The molecule has 2 rings (SSSR count). The van der Waals surface area contributed by atoms with Gasteiger partial charge in [0.25, 0.3) is 5.91 Å². The standard InChI is InChI=1S/C11H10Cl2N4O/c1-6(7-3-2-4-8(12)10(7)13)15-11(18)9-5-14-17-16-9/h2-6H,1H3,(H,15,18)(H,14,16,17). The molecule has 1 heterocycles. The summed E-state index contributed by atoms with van der Waals surface area (Å²) in [7, 11) is 0. The first-order valence-electron chi connectivity index (χ1n) is 5.20. The summed E-state index contributed by atoms with van der Waals surface area (Å²) in [4.78, 5) is 11.8. The van der Waals surface area contributed by atoms with E-state index in [2.05, 4.69) is 20.7 Å². The van der Waals surface area contributed by atoms with E-state index in [4.69, 9.17) is 23.2 Å². The largest absolute Gasteiger partial charge is 0.344 e. The third kappa shape index (κ3) is 2.63. The quantitative estimate of drug-likeness (QED) is 0.910. The maximum atomic E-state index is 11.8. The normalized spacial score (nSPS) is 12.2. The summed E-state index contributed by atoms with van der Waals surface area (Å²) in [6, 6.07) is 5.00. The number of halogens is 2. The van der Waals surface area contributed by atoms with Crippen LogP contribution in [0.4, 0.5) is 0 Å². The molecule has 0 fully saturated rings. The van der Waals surface area contributed by atoms with E-state index in [0.29, 0.717) is 10.0 Å². The molecular formula is C11H10Cl2N4O. The van der Waals surface area contributed by atoms with Crippen LogP contribution in [-0.2, 0) is 0 Å². The van der Waals surface area contributed by atoms with Gasteiger partial charge in [-0.05, 0) is 18.6 Å². The van der Waals surface area contributed by atoms with Gasteiger partial charge in [-0.3, -0.25) is 4.79 Å². The van der Waals surface area contributed by atoms with Crippen LogP contribution in [0.15, 0.2) is 24.4 Å². The first-order valence-corrected chi connectivity index (χ1v) is 5.95. The average Bonchev–Trinajstić information content (AvgIpc) is 2.86. The fourth-order valence-corrected chi connectivity index (χ4v) is 1.99. The summed E-state index contributed by atoms with van der Waals surface area (Å²) >= 11 is 12.0. The Kier molecular flexibility index (Phi) is 3.84. The summed E-state index contributed by atoms with van der Waals surface area (Å²) in [6.07, 6.45) is 1.35. The Hall–Kier alpha value is -1.59. The van der Waals surface area contributed by atoms with Crippen LogP contribution in [-0.4, -0.2) is 21.3 Å². The Balaban J connectivity index is 2.15. The van der Waals surface area contributed by atoms with Crippen molar-refractivity contribution in [3.05, 3.63) is 45.7 Å².